The van der Waals surface area contributed by atoms with E-state index in [0.717, 1.165) is 29.4 Å². The Labute approximate surface area is 123 Å². The van der Waals surface area contributed by atoms with E-state index in [1.54, 1.807) is 0 Å². The summed E-state index contributed by atoms with van der Waals surface area (Å²) >= 11 is 5.89. The Morgan fingerprint density at radius 1 is 1.35 bits per heavy atom. The van der Waals surface area contributed by atoms with E-state index in [1.165, 1.54) is 5.56 Å². The minimum absolute atomic E-state index is 0.0438. The molecule has 106 valence electrons. The van der Waals surface area contributed by atoms with E-state index in [-0.39, 0.29) is 6.10 Å². The second-order valence-electron chi connectivity index (χ2n) is 5.13. The summed E-state index contributed by atoms with van der Waals surface area (Å²) in [4.78, 5) is 0. The summed E-state index contributed by atoms with van der Waals surface area (Å²) in [5, 5.41) is 8.15. The van der Waals surface area contributed by atoms with Gasteiger partial charge in [0.05, 0.1) is 12.3 Å². The van der Waals surface area contributed by atoms with Gasteiger partial charge in [-0.2, -0.15) is 0 Å². The molecule has 0 spiro atoms. The number of benzene rings is 1. The van der Waals surface area contributed by atoms with Crippen molar-refractivity contribution in [1.82, 2.24) is 10.5 Å². The van der Waals surface area contributed by atoms with Gasteiger partial charge in [0.25, 0.3) is 0 Å². The second-order valence-corrected chi connectivity index (χ2v) is 5.56. The van der Waals surface area contributed by atoms with Crippen LogP contribution in [0.2, 0.25) is 5.02 Å². The van der Waals surface area contributed by atoms with Gasteiger partial charge in [0, 0.05) is 23.7 Å². The van der Waals surface area contributed by atoms with Gasteiger partial charge < -0.3 is 14.6 Å². The quantitative estimate of drug-likeness (QED) is 0.945. The van der Waals surface area contributed by atoms with Crippen LogP contribution in [0.3, 0.4) is 0 Å². The van der Waals surface area contributed by atoms with E-state index in [2.05, 4.69) is 22.6 Å². The topological polar surface area (TPSA) is 47.3 Å². The second kappa shape index (κ2) is 5.95. The summed E-state index contributed by atoms with van der Waals surface area (Å²) in [5.74, 6) is 0.792. The molecule has 4 nitrogen and oxygen atoms in total. The lowest BCUT2D eigenvalue weighted by atomic mass is 10.0. The molecule has 0 bridgehead atoms. The highest BCUT2D eigenvalue weighted by molar-refractivity contribution is 6.30. The van der Waals surface area contributed by atoms with Crippen LogP contribution < -0.4 is 5.32 Å². The molecule has 20 heavy (non-hydrogen) atoms. The first kappa shape index (κ1) is 13.6. The standard InChI is InChI=1S/C15H17ClN2O2/c1-10-6-14(20-18-10)15-8-17-13(9-19-15)7-11-2-4-12(16)5-3-11/h2-6,13,15,17H,7-9H2,1H3. The van der Waals surface area contributed by atoms with E-state index in [4.69, 9.17) is 20.9 Å². The van der Waals surface area contributed by atoms with Crippen LogP contribution in [0.1, 0.15) is 23.1 Å². The minimum Gasteiger partial charge on any atom is -0.367 e. The molecule has 0 saturated carbocycles. The normalized spacial score (nSPS) is 22.9. The Kier molecular flexibility index (Phi) is 4.05. The lowest BCUT2D eigenvalue weighted by Crippen LogP contribution is -2.44. The van der Waals surface area contributed by atoms with Gasteiger partial charge >= 0.3 is 0 Å². The Bertz CT molecular complexity index is 560. The van der Waals surface area contributed by atoms with Crippen LogP contribution in [0.5, 0.6) is 0 Å². The minimum atomic E-state index is -0.0438. The van der Waals surface area contributed by atoms with Crippen molar-refractivity contribution in [1.29, 1.82) is 0 Å². The fourth-order valence-corrected chi connectivity index (χ4v) is 2.50. The van der Waals surface area contributed by atoms with Gasteiger partial charge in [-0.15, -0.1) is 0 Å². The zero-order chi connectivity index (χ0) is 13.9. The third-order valence-electron chi connectivity index (χ3n) is 3.45. The maximum atomic E-state index is 5.89. The van der Waals surface area contributed by atoms with Crippen LogP contribution in [-0.4, -0.2) is 24.4 Å². The van der Waals surface area contributed by atoms with Gasteiger partial charge in [-0.05, 0) is 31.0 Å². The van der Waals surface area contributed by atoms with Crippen LogP contribution in [0, 0.1) is 6.92 Å². The number of nitrogens with one attached hydrogen (secondary N) is 1. The van der Waals surface area contributed by atoms with E-state index >= 15 is 0 Å². The summed E-state index contributed by atoms with van der Waals surface area (Å²) in [6, 6.07) is 10.2. The zero-order valence-corrected chi connectivity index (χ0v) is 12.1. The molecule has 0 radical (unpaired) electrons. The van der Waals surface area contributed by atoms with Gasteiger partial charge in [0.1, 0.15) is 6.10 Å². The zero-order valence-electron chi connectivity index (χ0n) is 11.3. The number of ether oxygens (including phenoxy) is 1. The lowest BCUT2D eigenvalue weighted by molar-refractivity contribution is -0.0114. The molecule has 1 aromatic heterocycles. The smallest absolute Gasteiger partial charge is 0.167 e. The van der Waals surface area contributed by atoms with E-state index in [1.807, 2.05) is 25.1 Å². The highest BCUT2D eigenvalue weighted by atomic mass is 35.5. The van der Waals surface area contributed by atoms with E-state index in [9.17, 15) is 0 Å². The average Bonchev–Trinajstić information content (AvgIpc) is 2.89. The van der Waals surface area contributed by atoms with Crippen molar-refractivity contribution in [3.63, 3.8) is 0 Å². The average molecular weight is 293 g/mol. The molecule has 3 rings (SSSR count). The predicted molar refractivity (Wildman–Crippen MR) is 76.9 cm³/mol. The highest BCUT2D eigenvalue weighted by Crippen LogP contribution is 2.22. The number of aromatic nitrogens is 1. The molecule has 1 aliphatic heterocycles. The fourth-order valence-electron chi connectivity index (χ4n) is 2.38. The Hall–Kier alpha value is -1.36. The molecule has 2 atom stereocenters. The Balaban J connectivity index is 1.54. The van der Waals surface area contributed by atoms with Gasteiger partial charge in [0.15, 0.2) is 5.76 Å². The summed E-state index contributed by atoms with van der Waals surface area (Å²) in [6.45, 7) is 3.31. The predicted octanol–water partition coefficient (Wildman–Crippen LogP) is 2.91. The molecular weight excluding hydrogens is 276 g/mol. The maximum absolute atomic E-state index is 5.89. The summed E-state index contributed by atoms with van der Waals surface area (Å²) in [7, 11) is 0. The molecule has 2 aromatic rings. The number of morpholine rings is 1. The summed E-state index contributed by atoms with van der Waals surface area (Å²) in [5.41, 5.74) is 2.14. The van der Waals surface area contributed by atoms with Gasteiger partial charge in [-0.25, -0.2) is 0 Å². The summed E-state index contributed by atoms with van der Waals surface area (Å²) in [6.07, 6.45) is 0.886. The van der Waals surface area contributed by atoms with Crippen LogP contribution in [0.4, 0.5) is 0 Å². The molecule has 2 unspecified atom stereocenters. The van der Waals surface area contributed by atoms with Crippen molar-refractivity contribution < 1.29 is 9.26 Å². The van der Waals surface area contributed by atoms with Crippen molar-refractivity contribution in [3.8, 4) is 0 Å². The molecule has 1 aromatic carbocycles. The molecule has 1 aliphatic rings. The largest absolute Gasteiger partial charge is 0.367 e. The van der Waals surface area contributed by atoms with Crippen molar-refractivity contribution in [2.75, 3.05) is 13.2 Å². The third-order valence-corrected chi connectivity index (χ3v) is 3.70. The maximum Gasteiger partial charge on any atom is 0.167 e. The SMILES string of the molecule is Cc1cc(C2CNC(Cc3ccc(Cl)cc3)CO2)on1. The highest BCUT2D eigenvalue weighted by Gasteiger charge is 2.25. The van der Waals surface area contributed by atoms with Crippen molar-refractivity contribution in [2.45, 2.75) is 25.5 Å². The number of hydrogen-bond donors (Lipinski definition) is 1. The molecule has 1 saturated heterocycles. The molecule has 1 N–H and O–H groups in total. The number of halogens is 1. The fraction of sp³-hybridized carbons (Fsp3) is 0.400. The molecule has 1 fully saturated rings. The van der Waals surface area contributed by atoms with Crippen molar-refractivity contribution in [2.24, 2.45) is 0 Å². The number of rotatable bonds is 3. The van der Waals surface area contributed by atoms with Gasteiger partial charge in [0.2, 0.25) is 0 Å². The third kappa shape index (κ3) is 3.20. The van der Waals surface area contributed by atoms with Crippen LogP contribution in [-0.2, 0) is 11.2 Å². The van der Waals surface area contributed by atoms with Crippen LogP contribution in [0.15, 0.2) is 34.9 Å². The van der Waals surface area contributed by atoms with Gasteiger partial charge in [-0.1, -0.05) is 28.9 Å². The molecule has 2 heterocycles. The molecular formula is C15H17ClN2O2. The first-order valence-electron chi connectivity index (χ1n) is 6.73. The summed E-state index contributed by atoms with van der Waals surface area (Å²) < 4.78 is 11.1. The monoisotopic (exact) mass is 292 g/mol. The molecule has 5 heteroatoms. The van der Waals surface area contributed by atoms with E-state index in [0.29, 0.717) is 12.6 Å². The van der Waals surface area contributed by atoms with Crippen molar-refractivity contribution >= 4 is 11.6 Å². The lowest BCUT2D eigenvalue weighted by Gasteiger charge is -2.29. The van der Waals surface area contributed by atoms with Crippen LogP contribution in [0.25, 0.3) is 0 Å². The van der Waals surface area contributed by atoms with E-state index < -0.39 is 0 Å². The number of aryl methyl sites for hydroxylation is 1. The first-order valence-corrected chi connectivity index (χ1v) is 7.11. The van der Waals surface area contributed by atoms with Gasteiger partial charge in [-0.3, -0.25) is 0 Å². The first-order chi connectivity index (χ1) is 9.70. The number of hydrogen-bond acceptors (Lipinski definition) is 4. The van der Waals surface area contributed by atoms with Crippen LogP contribution >= 0.6 is 11.6 Å². The molecule has 0 aliphatic carbocycles. The Morgan fingerprint density at radius 3 is 2.75 bits per heavy atom. The van der Waals surface area contributed by atoms with Crippen molar-refractivity contribution in [3.05, 3.63) is 52.4 Å². The number of nitrogens with zero attached hydrogens (tertiary/aromatic N) is 1. The molecule has 0 amide bonds. The Morgan fingerprint density at radius 2 is 2.15 bits per heavy atom.